The third-order valence-electron chi connectivity index (χ3n) is 2.53. The van der Waals surface area contributed by atoms with E-state index in [4.69, 9.17) is 0 Å². The molecule has 0 unspecified atom stereocenters. The maximum absolute atomic E-state index is 3.49. The Bertz CT molecular complexity index is 267. The minimum Gasteiger partial charge on any atom is -0.283 e. The van der Waals surface area contributed by atoms with Crippen LogP contribution in [0.15, 0.2) is 30.3 Å². The van der Waals surface area contributed by atoms with Crippen molar-refractivity contribution in [2.24, 2.45) is 0 Å². The van der Waals surface area contributed by atoms with Crippen LogP contribution in [-0.4, -0.2) is 19.6 Å². The Kier molecular flexibility index (Phi) is 5.46. The lowest BCUT2D eigenvalue weighted by atomic mass is 10.1. The van der Waals surface area contributed by atoms with Gasteiger partial charge in [-0.25, -0.2) is 0 Å². The van der Waals surface area contributed by atoms with E-state index in [0.29, 0.717) is 0 Å². The Morgan fingerprint density at radius 1 is 0.812 bits per heavy atom. The summed E-state index contributed by atoms with van der Waals surface area (Å²) in [6, 6.07) is 10.4. The molecule has 0 aliphatic heterocycles. The topological polar surface area (TPSA) is 36.1 Å². The maximum Gasteiger partial charge on any atom is 0.150 e. The highest BCUT2D eigenvalue weighted by atomic mass is 15.3. The Hall–Kier alpha value is -0.900. The molecule has 0 saturated heterocycles. The summed E-state index contributed by atoms with van der Waals surface area (Å²) < 4.78 is 0. The zero-order chi connectivity index (χ0) is 11.9. The molecule has 0 amide bonds. The normalized spacial score (nSPS) is 11.7. The Morgan fingerprint density at radius 2 is 1.25 bits per heavy atom. The van der Waals surface area contributed by atoms with Crippen LogP contribution in [-0.2, 0) is 5.79 Å². The van der Waals surface area contributed by atoms with Crippen LogP contribution in [0.2, 0.25) is 0 Å². The molecular weight excluding hydrogens is 198 g/mol. The van der Waals surface area contributed by atoms with Gasteiger partial charge in [0.25, 0.3) is 0 Å². The molecule has 1 aromatic rings. The first kappa shape index (κ1) is 13.2. The van der Waals surface area contributed by atoms with Crippen LogP contribution in [0.4, 0.5) is 0 Å². The molecule has 1 rings (SSSR count). The zero-order valence-corrected chi connectivity index (χ0v) is 10.5. The summed E-state index contributed by atoms with van der Waals surface area (Å²) in [7, 11) is 0. The highest BCUT2D eigenvalue weighted by Gasteiger charge is 2.28. The molecule has 0 radical (unpaired) electrons. The first-order chi connectivity index (χ1) is 7.79. The van der Waals surface area contributed by atoms with Crippen molar-refractivity contribution in [2.75, 3.05) is 19.6 Å². The summed E-state index contributed by atoms with van der Waals surface area (Å²) in [5, 5.41) is 10.5. The molecular formula is C13H23N3. The molecule has 3 N–H and O–H groups in total. The monoisotopic (exact) mass is 221 g/mol. The second-order valence-corrected chi connectivity index (χ2v) is 3.71. The van der Waals surface area contributed by atoms with Gasteiger partial charge in [-0.3, -0.25) is 16.0 Å². The summed E-state index contributed by atoms with van der Waals surface area (Å²) >= 11 is 0. The Morgan fingerprint density at radius 3 is 1.62 bits per heavy atom. The van der Waals surface area contributed by atoms with Crippen molar-refractivity contribution in [1.29, 1.82) is 0 Å². The van der Waals surface area contributed by atoms with Gasteiger partial charge >= 0.3 is 0 Å². The molecule has 90 valence electrons. The molecule has 0 aromatic heterocycles. The average molecular weight is 221 g/mol. The number of benzene rings is 1. The molecule has 0 spiro atoms. The quantitative estimate of drug-likeness (QED) is 0.612. The van der Waals surface area contributed by atoms with E-state index < -0.39 is 0 Å². The number of nitrogens with one attached hydrogen (secondary N) is 3. The molecule has 3 nitrogen and oxygen atoms in total. The highest BCUT2D eigenvalue weighted by molar-refractivity contribution is 5.23. The van der Waals surface area contributed by atoms with Gasteiger partial charge in [-0.2, -0.15) is 0 Å². The third-order valence-corrected chi connectivity index (χ3v) is 2.53. The molecule has 16 heavy (non-hydrogen) atoms. The van der Waals surface area contributed by atoms with Gasteiger partial charge in [-0.05, 0) is 19.6 Å². The van der Waals surface area contributed by atoms with E-state index in [0.717, 1.165) is 19.6 Å². The van der Waals surface area contributed by atoms with Gasteiger partial charge in [-0.1, -0.05) is 51.1 Å². The Labute approximate surface area is 98.6 Å². The molecule has 0 fully saturated rings. The molecule has 0 atom stereocenters. The molecule has 0 aliphatic carbocycles. The summed E-state index contributed by atoms with van der Waals surface area (Å²) in [6.07, 6.45) is 0. The van der Waals surface area contributed by atoms with Crippen LogP contribution in [0.1, 0.15) is 26.3 Å². The standard InChI is InChI=1S/C13H23N3/c1-4-14-13(15-5-2,16-6-3)12-10-8-7-9-11-12/h7-11,14-16H,4-6H2,1-3H3. The van der Waals surface area contributed by atoms with E-state index in [1.807, 2.05) is 6.07 Å². The van der Waals surface area contributed by atoms with Crippen molar-refractivity contribution in [1.82, 2.24) is 16.0 Å². The van der Waals surface area contributed by atoms with Gasteiger partial charge in [0.1, 0.15) is 0 Å². The van der Waals surface area contributed by atoms with Crippen LogP contribution < -0.4 is 16.0 Å². The van der Waals surface area contributed by atoms with E-state index in [1.54, 1.807) is 0 Å². The molecule has 3 heteroatoms. The lowest BCUT2D eigenvalue weighted by molar-refractivity contribution is 0.211. The van der Waals surface area contributed by atoms with Crippen molar-refractivity contribution in [3.63, 3.8) is 0 Å². The van der Waals surface area contributed by atoms with Crippen LogP contribution in [0.25, 0.3) is 0 Å². The Balaban J connectivity index is 2.99. The van der Waals surface area contributed by atoms with Gasteiger partial charge in [0, 0.05) is 5.56 Å². The fourth-order valence-electron chi connectivity index (χ4n) is 1.98. The van der Waals surface area contributed by atoms with Crippen molar-refractivity contribution in [3.05, 3.63) is 35.9 Å². The van der Waals surface area contributed by atoms with Crippen LogP contribution in [0.5, 0.6) is 0 Å². The van der Waals surface area contributed by atoms with Crippen LogP contribution >= 0.6 is 0 Å². The molecule has 1 aromatic carbocycles. The second kappa shape index (κ2) is 6.63. The minimum absolute atomic E-state index is 0.306. The van der Waals surface area contributed by atoms with Crippen molar-refractivity contribution in [2.45, 2.75) is 26.6 Å². The van der Waals surface area contributed by atoms with Gasteiger partial charge in [0.05, 0.1) is 0 Å². The predicted octanol–water partition coefficient (Wildman–Crippen LogP) is 1.63. The van der Waals surface area contributed by atoms with Gasteiger partial charge < -0.3 is 0 Å². The van der Waals surface area contributed by atoms with E-state index in [-0.39, 0.29) is 5.79 Å². The second-order valence-electron chi connectivity index (χ2n) is 3.71. The van der Waals surface area contributed by atoms with E-state index in [2.05, 4.69) is 61.0 Å². The molecule has 0 bridgehead atoms. The highest BCUT2D eigenvalue weighted by Crippen LogP contribution is 2.14. The van der Waals surface area contributed by atoms with Crippen molar-refractivity contribution in [3.8, 4) is 0 Å². The van der Waals surface area contributed by atoms with Gasteiger partial charge in [0.15, 0.2) is 5.79 Å². The van der Waals surface area contributed by atoms with E-state index >= 15 is 0 Å². The average Bonchev–Trinajstić information content (AvgIpc) is 2.31. The fourth-order valence-corrected chi connectivity index (χ4v) is 1.98. The number of rotatable bonds is 7. The smallest absolute Gasteiger partial charge is 0.150 e. The summed E-state index contributed by atoms with van der Waals surface area (Å²) in [5.41, 5.74) is 1.22. The van der Waals surface area contributed by atoms with Crippen molar-refractivity contribution >= 4 is 0 Å². The molecule has 0 saturated carbocycles. The number of hydrogen-bond acceptors (Lipinski definition) is 3. The summed E-state index contributed by atoms with van der Waals surface area (Å²) in [5.74, 6) is -0.306. The molecule has 0 heterocycles. The largest absolute Gasteiger partial charge is 0.283 e. The molecule has 0 aliphatic rings. The van der Waals surface area contributed by atoms with Gasteiger partial charge in [0.2, 0.25) is 0 Å². The fraction of sp³-hybridized carbons (Fsp3) is 0.538. The SMILES string of the molecule is CCNC(NCC)(NCC)c1ccccc1. The van der Waals surface area contributed by atoms with Crippen LogP contribution in [0, 0.1) is 0 Å². The first-order valence-corrected chi connectivity index (χ1v) is 6.09. The number of hydrogen-bond donors (Lipinski definition) is 3. The summed E-state index contributed by atoms with van der Waals surface area (Å²) in [6.45, 7) is 9.09. The third kappa shape index (κ3) is 3.04. The van der Waals surface area contributed by atoms with Gasteiger partial charge in [-0.15, -0.1) is 0 Å². The lowest BCUT2D eigenvalue weighted by Crippen LogP contribution is -2.63. The minimum atomic E-state index is -0.306. The maximum atomic E-state index is 3.49. The van der Waals surface area contributed by atoms with Crippen LogP contribution in [0.3, 0.4) is 0 Å². The summed E-state index contributed by atoms with van der Waals surface area (Å²) in [4.78, 5) is 0. The lowest BCUT2D eigenvalue weighted by Gasteiger charge is -2.36. The van der Waals surface area contributed by atoms with Crippen molar-refractivity contribution < 1.29 is 0 Å². The van der Waals surface area contributed by atoms with E-state index in [9.17, 15) is 0 Å². The first-order valence-electron chi connectivity index (χ1n) is 6.09. The van der Waals surface area contributed by atoms with E-state index in [1.165, 1.54) is 5.56 Å². The zero-order valence-electron chi connectivity index (χ0n) is 10.5. The predicted molar refractivity (Wildman–Crippen MR) is 69.2 cm³/mol.